The molecule has 0 radical (unpaired) electrons. The van der Waals surface area contributed by atoms with E-state index in [1.807, 2.05) is 0 Å². The summed E-state index contributed by atoms with van der Waals surface area (Å²) >= 11 is 0. The number of aromatic nitrogens is 1. The van der Waals surface area contributed by atoms with Gasteiger partial charge in [-0.2, -0.15) is 0 Å². The van der Waals surface area contributed by atoms with Crippen molar-refractivity contribution in [1.29, 1.82) is 0 Å². The van der Waals surface area contributed by atoms with Crippen LogP contribution in [0, 0.1) is 5.41 Å². The van der Waals surface area contributed by atoms with E-state index in [4.69, 9.17) is 0 Å². The Morgan fingerprint density at radius 2 is 2.26 bits per heavy atom. The average molecular weight is 366 g/mol. The van der Waals surface area contributed by atoms with Gasteiger partial charge < -0.3 is 10.3 Å². The number of aromatic amines is 1. The van der Waals surface area contributed by atoms with Crippen LogP contribution in [-0.2, 0) is 11.2 Å². The van der Waals surface area contributed by atoms with Gasteiger partial charge in [0.15, 0.2) is 0 Å². The summed E-state index contributed by atoms with van der Waals surface area (Å²) in [5.74, 6) is 0.146. The minimum atomic E-state index is 0.146. The van der Waals surface area contributed by atoms with Gasteiger partial charge in [-0.15, -0.1) is 6.58 Å². The summed E-state index contributed by atoms with van der Waals surface area (Å²) in [5, 5.41) is 4.33. The van der Waals surface area contributed by atoms with Crippen molar-refractivity contribution in [3.05, 3.63) is 48.2 Å². The number of fused-ring (bicyclic) bond motifs is 5. The molecule has 2 aromatic rings. The summed E-state index contributed by atoms with van der Waals surface area (Å²) in [5.41, 5.74) is 4.33. The van der Waals surface area contributed by atoms with Crippen molar-refractivity contribution in [1.82, 2.24) is 15.2 Å². The molecule has 1 amide bonds. The number of para-hydroxylation sites is 1. The van der Waals surface area contributed by atoms with Crippen molar-refractivity contribution in [2.75, 3.05) is 19.6 Å². The first-order chi connectivity index (χ1) is 13.2. The highest BCUT2D eigenvalue weighted by atomic mass is 16.1. The average Bonchev–Trinajstić information content (AvgIpc) is 3.09. The van der Waals surface area contributed by atoms with Crippen molar-refractivity contribution in [2.24, 2.45) is 5.41 Å². The smallest absolute Gasteiger partial charge is 0.220 e. The first-order valence-corrected chi connectivity index (χ1v) is 10.4. The quantitative estimate of drug-likeness (QED) is 0.748. The molecule has 2 aliphatic rings. The van der Waals surface area contributed by atoms with E-state index in [9.17, 15) is 4.79 Å². The van der Waals surface area contributed by atoms with Gasteiger partial charge in [0.05, 0.1) is 6.04 Å². The van der Waals surface area contributed by atoms with E-state index in [0.717, 1.165) is 25.8 Å². The molecular formula is C23H31N3O. The van der Waals surface area contributed by atoms with Gasteiger partial charge in [0.25, 0.3) is 0 Å². The Morgan fingerprint density at radius 1 is 1.41 bits per heavy atom. The maximum absolute atomic E-state index is 12.3. The third-order valence-corrected chi connectivity index (χ3v) is 6.83. The first-order valence-electron chi connectivity index (χ1n) is 10.4. The molecule has 4 rings (SSSR count). The SMILES string of the molecule is C=CCNC(=O)CC[C@@]1(CC)CCCN2CCc3c([nH]c4ccccc34)[C@@H]21. The molecule has 1 aromatic carbocycles. The first kappa shape index (κ1) is 18.3. The summed E-state index contributed by atoms with van der Waals surface area (Å²) < 4.78 is 0. The van der Waals surface area contributed by atoms with Crippen molar-refractivity contribution >= 4 is 16.8 Å². The molecule has 2 aliphatic heterocycles. The fourth-order valence-corrected chi connectivity index (χ4v) is 5.44. The van der Waals surface area contributed by atoms with E-state index in [-0.39, 0.29) is 11.3 Å². The third-order valence-electron chi connectivity index (χ3n) is 6.83. The van der Waals surface area contributed by atoms with Gasteiger partial charge >= 0.3 is 0 Å². The standard InChI is InChI=1S/C23H31N3O/c1-3-14-24-20(27)10-13-23(4-2)12-7-15-26-16-11-18-17-8-5-6-9-19(17)25-21(18)22(23)26/h3,5-6,8-9,22,25H,1,4,7,10-16H2,2H3,(H,24,27)/t22-,23-/m1/s1. The van der Waals surface area contributed by atoms with Crippen LogP contribution in [0.15, 0.2) is 36.9 Å². The lowest BCUT2D eigenvalue weighted by Gasteiger charge is -2.52. The number of piperidine rings is 1. The van der Waals surface area contributed by atoms with Crippen LogP contribution in [0.5, 0.6) is 0 Å². The summed E-state index contributed by atoms with van der Waals surface area (Å²) in [7, 11) is 0. The molecule has 2 atom stereocenters. The van der Waals surface area contributed by atoms with Crippen LogP contribution in [0.4, 0.5) is 0 Å². The normalized spacial score (nSPS) is 25.0. The molecule has 0 aliphatic carbocycles. The molecule has 0 saturated carbocycles. The second kappa shape index (κ2) is 7.51. The fourth-order valence-electron chi connectivity index (χ4n) is 5.44. The lowest BCUT2D eigenvalue weighted by Crippen LogP contribution is -2.49. The summed E-state index contributed by atoms with van der Waals surface area (Å²) in [6, 6.07) is 9.09. The van der Waals surface area contributed by atoms with Gasteiger partial charge in [-0.3, -0.25) is 9.69 Å². The minimum Gasteiger partial charge on any atom is -0.357 e. The highest BCUT2D eigenvalue weighted by molar-refractivity contribution is 5.85. The molecular weight excluding hydrogens is 334 g/mol. The molecule has 0 spiro atoms. The van der Waals surface area contributed by atoms with Gasteiger partial charge in [-0.05, 0) is 55.7 Å². The van der Waals surface area contributed by atoms with Crippen LogP contribution >= 0.6 is 0 Å². The van der Waals surface area contributed by atoms with E-state index in [1.165, 1.54) is 41.5 Å². The number of carbonyl (C=O) groups excluding carboxylic acids is 1. The number of hydrogen-bond donors (Lipinski definition) is 2. The maximum atomic E-state index is 12.3. The topological polar surface area (TPSA) is 48.1 Å². The van der Waals surface area contributed by atoms with Gasteiger partial charge in [-0.25, -0.2) is 0 Å². The second-order valence-corrected chi connectivity index (χ2v) is 8.16. The van der Waals surface area contributed by atoms with Gasteiger partial charge in [-0.1, -0.05) is 31.2 Å². The Morgan fingerprint density at radius 3 is 3.07 bits per heavy atom. The molecule has 1 saturated heterocycles. The number of amides is 1. The summed E-state index contributed by atoms with van der Waals surface area (Å²) in [6.07, 6.45) is 7.95. The highest BCUT2D eigenvalue weighted by Gasteiger charge is 2.47. The molecule has 1 aromatic heterocycles. The number of H-pyrrole nitrogens is 1. The zero-order chi connectivity index (χ0) is 18.9. The number of rotatable bonds is 6. The van der Waals surface area contributed by atoms with Crippen molar-refractivity contribution < 1.29 is 4.79 Å². The molecule has 27 heavy (non-hydrogen) atoms. The van der Waals surface area contributed by atoms with Crippen molar-refractivity contribution in [3.63, 3.8) is 0 Å². The van der Waals surface area contributed by atoms with E-state index in [0.29, 0.717) is 19.0 Å². The molecule has 0 bridgehead atoms. The number of benzene rings is 1. The van der Waals surface area contributed by atoms with Crippen LogP contribution in [0.1, 0.15) is 56.3 Å². The van der Waals surface area contributed by atoms with Crippen LogP contribution in [0.3, 0.4) is 0 Å². The van der Waals surface area contributed by atoms with Gasteiger partial charge in [0, 0.05) is 36.1 Å². The predicted molar refractivity (Wildman–Crippen MR) is 111 cm³/mol. The number of nitrogens with zero attached hydrogens (tertiary/aromatic N) is 1. The van der Waals surface area contributed by atoms with E-state index < -0.39 is 0 Å². The molecule has 4 heteroatoms. The number of carbonyl (C=O) groups is 1. The minimum absolute atomic E-state index is 0.146. The molecule has 0 unspecified atom stereocenters. The van der Waals surface area contributed by atoms with Gasteiger partial charge in [0.2, 0.25) is 5.91 Å². The number of nitrogens with one attached hydrogen (secondary N) is 2. The van der Waals surface area contributed by atoms with E-state index >= 15 is 0 Å². The van der Waals surface area contributed by atoms with Crippen LogP contribution < -0.4 is 5.32 Å². The van der Waals surface area contributed by atoms with E-state index in [1.54, 1.807) is 6.08 Å². The van der Waals surface area contributed by atoms with Crippen LogP contribution in [-0.4, -0.2) is 35.4 Å². The zero-order valence-corrected chi connectivity index (χ0v) is 16.4. The Balaban J connectivity index is 1.67. The molecule has 2 N–H and O–H groups in total. The zero-order valence-electron chi connectivity index (χ0n) is 16.4. The predicted octanol–water partition coefficient (Wildman–Crippen LogP) is 4.34. The molecule has 3 heterocycles. The van der Waals surface area contributed by atoms with Gasteiger partial charge in [0.1, 0.15) is 0 Å². The molecule has 144 valence electrons. The van der Waals surface area contributed by atoms with E-state index in [2.05, 4.69) is 53.0 Å². The Hall–Kier alpha value is -2.07. The summed E-state index contributed by atoms with van der Waals surface area (Å²) in [4.78, 5) is 18.7. The Kier molecular flexibility index (Phi) is 5.09. The number of hydrogen-bond acceptors (Lipinski definition) is 2. The maximum Gasteiger partial charge on any atom is 0.220 e. The Bertz CT molecular complexity index is 839. The summed E-state index contributed by atoms with van der Waals surface area (Å²) in [6.45, 7) is 8.85. The van der Waals surface area contributed by atoms with Crippen LogP contribution in [0.2, 0.25) is 0 Å². The monoisotopic (exact) mass is 365 g/mol. The second-order valence-electron chi connectivity index (χ2n) is 8.16. The highest BCUT2D eigenvalue weighted by Crippen LogP contribution is 2.53. The van der Waals surface area contributed by atoms with Crippen molar-refractivity contribution in [2.45, 2.75) is 51.5 Å². The third kappa shape index (κ3) is 3.20. The molecule has 1 fully saturated rings. The fraction of sp³-hybridized carbons (Fsp3) is 0.522. The lowest BCUT2D eigenvalue weighted by atomic mass is 9.65. The Labute approximate surface area is 162 Å². The largest absolute Gasteiger partial charge is 0.357 e. The lowest BCUT2D eigenvalue weighted by molar-refractivity contribution is -0.122. The van der Waals surface area contributed by atoms with Crippen LogP contribution in [0.25, 0.3) is 10.9 Å². The molecule has 4 nitrogen and oxygen atoms in total. The van der Waals surface area contributed by atoms with Crippen molar-refractivity contribution in [3.8, 4) is 0 Å².